The molecule has 0 atom stereocenters. The lowest BCUT2D eigenvalue weighted by Gasteiger charge is -2.10. The number of carbonyl (C=O) groups is 3. The summed E-state index contributed by atoms with van der Waals surface area (Å²) in [7, 11) is 0. The van der Waals surface area contributed by atoms with Crippen LogP contribution in [-0.2, 0) is 4.79 Å². The van der Waals surface area contributed by atoms with E-state index >= 15 is 0 Å². The van der Waals surface area contributed by atoms with Gasteiger partial charge < -0.3 is 15.8 Å². The van der Waals surface area contributed by atoms with E-state index in [1.54, 1.807) is 24.3 Å². The number of rotatable bonds is 6. The second-order valence-electron chi connectivity index (χ2n) is 4.98. The van der Waals surface area contributed by atoms with Crippen LogP contribution in [0.5, 0.6) is 5.75 Å². The van der Waals surface area contributed by atoms with Crippen molar-refractivity contribution in [2.75, 3.05) is 11.9 Å². The van der Waals surface area contributed by atoms with Crippen LogP contribution in [0.1, 0.15) is 27.6 Å². The first kappa shape index (κ1) is 17.5. The van der Waals surface area contributed by atoms with Crippen molar-refractivity contribution in [3.8, 4) is 5.75 Å². The maximum Gasteiger partial charge on any atom is 0.262 e. The zero-order chi connectivity index (χ0) is 17.7. The predicted octanol–water partition coefficient (Wildman–Crippen LogP) is 2.66. The minimum Gasteiger partial charge on any atom is -0.483 e. The molecule has 3 N–H and O–H groups in total. The lowest BCUT2D eigenvalue weighted by molar-refractivity contribution is -0.118. The Bertz CT molecular complexity index is 805. The van der Waals surface area contributed by atoms with Crippen LogP contribution in [0.3, 0.4) is 0 Å². The molecule has 0 radical (unpaired) electrons. The third-order valence-electron chi connectivity index (χ3n) is 3.12. The number of halogens is 1. The zero-order valence-electron chi connectivity index (χ0n) is 12.8. The van der Waals surface area contributed by atoms with E-state index in [1.165, 1.54) is 25.1 Å². The van der Waals surface area contributed by atoms with Crippen molar-refractivity contribution in [2.24, 2.45) is 5.73 Å². The smallest absolute Gasteiger partial charge is 0.262 e. The number of nitrogens with one attached hydrogen (secondary N) is 1. The molecule has 2 aromatic carbocycles. The number of benzene rings is 2. The molecule has 24 heavy (non-hydrogen) atoms. The Hall–Kier alpha value is -2.86. The minimum atomic E-state index is -0.706. The van der Waals surface area contributed by atoms with Gasteiger partial charge in [-0.15, -0.1) is 0 Å². The molecule has 0 spiro atoms. The third-order valence-corrected chi connectivity index (χ3v) is 3.35. The van der Waals surface area contributed by atoms with Crippen LogP contribution in [0.4, 0.5) is 5.69 Å². The highest BCUT2D eigenvalue weighted by Crippen LogP contribution is 2.22. The first-order chi connectivity index (χ1) is 11.4. The highest BCUT2D eigenvalue weighted by atomic mass is 35.5. The zero-order valence-corrected chi connectivity index (χ0v) is 13.6. The predicted molar refractivity (Wildman–Crippen MR) is 90.5 cm³/mol. The summed E-state index contributed by atoms with van der Waals surface area (Å²) < 4.78 is 5.33. The monoisotopic (exact) mass is 346 g/mol. The van der Waals surface area contributed by atoms with Crippen LogP contribution >= 0.6 is 11.6 Å². The fourth-order valence-corrected chi connectivity index (χ4v) is 2.15. The Morgan fingerprint density at radius 2 is 1.92 bits per heavy atom. The normalized spacial score (nSPS) is 10.1. The Kier molecular flexibility index (Phi) is 5.55. The molecule has 0 saturated heterocycles. The summed E-state index contributed by atoms with van der Waals surface area (Å²) in [6.45, 7) is 1.11. The number of ketones is 1. The van der Waals surface area contributed by atoms with Crippen molar-refractivity contribution in [1.82, 2.24) is 0 Å². The molecule has 0 saturated carbocycles. The van der Waals surface area contributed by atoms with Crippen molar-refractivity contribution in [1.29, 1.82) is 0 Å². The number of primary amides is 1. The average molecular weight is 347 g/mol. The second kappa shape index (κ2) is 7.61. The van der Waals surface area contributed by atoms with Crippen LogP contribution in [0.15, 0.2) is 42.5 Å². The number of amides is 2. The first-order valence-electron chi connectivity index (χ1n) is 7.00. The number of anilines is 1. The summed E-state index contributed by atoms with van der Waals surface area (Å²) in [6, 6.07) is 10.9. The van der Waals surface area contributed by atoms with Crippen LogP contribution in [0.2, 0.25) is 5.02 Å². The number of nitrogens with two attached hydrogens (primary N) is 1. The molecule has 2 amide bonds. The first-order valence-corrected chi connectivity index (χ1v) is 7.37. The molecule has 0 aliphatic rings. The van der Waals surface area contributed by atoms with Gasteiger partial charge in [0.15, 0.2) is 12.4 Å². The molecule has 0 aliphatic heterocycles. The van der Waals surface area contributed by atoms with Gasteiger partial charge in [0.1, 0.15) is 5.75 Å². The molecule has 0 bridgehead atoms. The number of hydrogen-bond acceptors (Lipinski definition) is 4. The summed E-state index contributed by atoms with van der Waals surface area (Å²) in [5, 5.41) is 2.94. The van der Waals surface area contributed by atoms with Gasteiger partial charge in [-0.05, 0) is 37.3 Å². The van der Waals surface area contributed by atoms with Crippen LogP contribution in [-0.4, -0.2) is 24.2 Å². The topological polar surface area (TPSA) is 98.5 Å². The van der Waals surface area contributed by atoms with Crippen LogP contribution < -0.4 is 15.8 Å². The van der Waals surface area contributed by atoms with Gasteiger partial charge >= 0.3 is 0 Å². The van der Waals surface area contributed by atoms with Gasteiger partial charge in [0.2, 0.25) is 0 Å². The van der Waals surface area contributed by atoms with Crippen LogP contribution in [0.25, 0.3) is 0 Å². The highest BCUT2D eigenvalue weighted by molar-refractivity contribution is 6.31. The number of ether oxygens (including phenoxy) is 1. The van der Waals surface area contributed by atoms with E-state index in [4.69, 9.17) is 22.1 Å². The van der Waals surface area contributed by atoms with E-state index in [0.717, 1.165) is 0 Å². The van der Waals surface area contributed by atoms with Gasteiger partial charge in [-0.25, -0.2) is 0 Å². The number of hydrogen-bond donors (Lipinski definition) is 2. The fraction of sp³-hybridized carbons (Fsp3) is 0.118. The number of carbonyl (C=O) groups excluding carboxylic acids is 3. The van der Waals surface area contributed by atoms with Gasteiger partial charge in [-0.1, -0.05) is 23.7 Å². The summed E-state index contributed by atoms with van der Waals surface area (Å²) in [6.07, 6.45) is 0. The molecule has 7 heteroatoms. The van der Waals surface area contributed by atoms with Gasteiger partial charge in [0.05, 0.1) is 5.56 Å². The summed E-state index contributed by atoms with van der Waals surface area (Å²) >= 11 is 5.80. The Morgan fingerprint density at radius 1 is 1.17 bits per heavy atom. The van der Waals surface area contributed by atoms with Crippen molar-refractivity contribution >= 4 is 34.9 Å². The van der Waals surface area contributed by atoms with E-state index < -0.39 is 11.8 Å². The van der Waals surface area contributed by atoms with Gasteiger partial charge in [-0.3, -0.25) is 14.4 Å². The molecule has 2 aromatic rings. The van der Waals surface area contributed by atoms with E-state index in [0.29, 0.717) is 16.3 Å². The van der Waals surface area contributed by atoms with Crippen LogP contribution in [0, 0.1) is 0 Å². The summed E-state index contributed by atoms with van der Waals surface area (Å²) in [5.74, 6) is -1.09. The quantitative estimate of drug-likeness (QED) is 0.785. The van der Waals surface area contributed by atoms with Gasteiger partial charge in [-0.2, -0.15) is 0 Å². The minimum absolute atomic E-state index is 0.0916. The van der Waals surface area contributed by atoms with Crippen molar-refractivity contribution in [3.63, 3.8) is 0 Å². The SMILES string of the molecule is CC(=O)c1cccc(NC(=O)COc2ccc(Cl)cc2C(N)=O)c1. The lowest BCUT2D eigenvalue weighted by Crippen LogP contribution is -2.21. The molecule has 0 heterocycles. The van der Waals surface area contributed by atoms with E-state index in [2.05, 4.69) is 5.32 Å². The molecule has 2 rings (SSSR count). The molecular formula is C17H15ClN2O4. The van der Waals surface area contributed by atoms with Gasteiger partial charge in [0.25, 0.3) is 11.8 Å². The maximum atomic E-state index is 12.0. The van der Waals surface area contributed by atoms with Crippen molar-refractivity contribution < 1.29 is 19.1 Å². The molecule has 0 unspecified atom stereocenters. The Balaban J connectivity index is 2.03. The standard InChI is InChI=1S/C17H15ClN2O4/c1-10(21)11-3-2-4-13(7-11)20-16(22)9-24-15-6-5-12(18)8-14(15)17(19)23/h2-8H,9H2,1H3,(H2,19,23)(H,20,22). The van der Waals surface area contributed by atoms with E-state index in [9.17, 15) is 14.4 Å². The fourth-order valence-electron chi connectivity index (χ4n) is 1.98. The molecule has 6 nitrogen and oxygen atoms in total. The lowest BCUT2D eigenvalue weighted by atomic mass is 10.1. The average Bonchev–Trinajstić information content (AvgIpc) is 2.53. The van der Waals surface area contributed by atoms with E-state index in [-0.39, 0.29) is 23.7 Å². The van der Waals surface area contributed by atoms with Crippen molar-refractivity contribution in [2.45, 2.75) is 6.92 Å². The van der Waals surface area contributed by atoms with Gasteiger partial charge in [0, 0.05) is 16.3 Å². The molecule has 124 valence electrons. The summed E-state index contributed by atoms with van der Waals surface area (Å²) in [5.41, 5.74) is 6.30. The molecular weight excluding hydrogens is 332 g/mol. The largest absolute Gasteiger partial charge is 0.483 e. The molecule has 0 aliphatic carbocycles. The molecule has 0 aromatic heterocycles. The second-order valence-corrected chi connectivity index (χ2v) is 5.42. The van der Waals surface area contributed by atoms with E-state index in [1.807, 2.05) is 0 Å². The van der Waals surface area contributed by atoms with Crippen molar-refractivity contribution in [3.05, 3.63) is 58.6 Å². The molecule has 0 fully saturated rings. The highest BCUT2D eigenvalue weighted by Gasteiger charge is 2.12. The Labute approximate surface area is 143 Å². The third kappa shape index (κ3) is 4.57. The Morgan fingerprint density at radius 3 is 2.58 bits per heavy atom. The summed E-state index contributed by atoms with van der Waals surface area (Å²) in [4.78, 5) is 34.6. The number of Topliss-reactive ketones (excluding diaryl/α,β-unsaturated/α-hetero) is 1. The maximum absolute atomic E-state index is 12.0.